The highest BCUT2D eigenvalue weighted by atomic mass is 79.9. The topological polar surface area (TPSA) is 0 Å². The summed E-state index contributed by atoms with van der Waals surface area (Å²) in [4.78, 5) is 1.21. The zero-order valence-electron chi connectivity index (χ0n) is 15.8. The van der Waals surface area contributed by atoms with Crippen LogP contribution in [0.4, 0.5) is 0 Å². The van der Waals surface area contributed by atoms with E-state index in [0.717, 1.165) is 0 Å². The number of hydrogen-bond donors (Lipinski definition) is 0. The van der Waals surface area contributed by atoms with E-state index in [9.17, 15) is 0 Å². The average Bonchev–Trinajstić information content (AvgIpc) is 3.19. The van der Waals surface area contributed by atoms with Crippen molar-refractivity contribution in [2.45, 2.75) is 48.2 Å². The first-order valence-corrected chi connectivity index (χ1v) is 12.2. The zero-order chi connectivity index (χ0) is 18.8. The molecule has 0 aromatic heterocycles. The molecule has 0 saturated heterocycles. The predicted octanol–water partition coefficient (Wildman–Crippen LogP) is 7.97. The molecule has 4 aliphatic carbocycles. The Morgan fingerprint density at radius 3 is 1.43 bits per heavy atom. The van der Waals surface area contributed by atoms with Crippen LogP contribution in [0.3, 0.4) is 0 Å². The number of fused-ring (bicyclic) bond motifs is 4. The van der Waals surface area contributed by atoms with Crippen LogP contribution in [0.15, 0.2) is 76.4 Å². The van der Waals surface area contributed by atoms with Crippen molar-refractivity contribution < 1.29 is 0 Å². The molecule has 0 heterocycles. The molecular formula is C26H22Br2. The van der Waals surface area contributed by atoms with Crippen molar-refractivity contribution in [2.24, 2.45) is 0 Å². The molecule has 0 fully saturated rings. The lowest BCUT2D eigenvalue weighted by atomic mass is 9.84. The number of halogens is 2. The minimum absolute atomic E-state index is 0.606. The Kier molecular flexibility index (Phi) is 4.10. The smallest absolute Gasteiger partial charge is 0.0189 e. The Hall–Kier alpha value is -1.38. The van der Waals surface area contributed by atoms with E-state index in [1.165, 1.54) is 66.4 Å². The largest absolute Gasteiger partial charge is 0.0887 e. The summed E-state index contributed by atoms with van der Waals surface area (Å²) in [7, 11) is 0. The Morgan fingerprint density at radius 2 is 0.964 bits per heavy atom. The third-order valence-electron chi connectivity index (χ3n) is 6.90. The molecule has 4 aliphatic rings. The molecule has 2 aromatic rings. The highest BCUT2D eigenvalue weighted by molar-refractivity contribution is 9.09. The van der Waals surface area contributed by atoms with Crippen LogP contribution >= 0.6 is 31.9 Å². The first-order valence-electron chi connectivity index (χ1n) is 10.4. The zero-order valence-corrected chi connectivity index (χ0v) is 18.9. The van der Waals surface area contributed by atoms with Crippen LogP contribution in [0.25, 0.3) is 16.7 Å². The summed E-state index contributed by atoms with van der Waals surface area (Å²) in [5.74, 6) is 0. The second-order valence-electron chi connectivity index (χ2n) is 8.44. The van der Waals surface area contributed by atoms with E-state index >= 15 is 0 Å². The molecule has 0 radical (unpaired) electrons. The van der Waals surface area contributed by atoms with Crippen molar-refractivity contribution >= 4 is 37.4 Å². The molecule has 0 spiro atoms. The molecule has 28 heavy (non-hydrogen) atoms. The number of hydrogen-bond acceptors (Lipinski definition) is 0. The van der Waals surface area contributed by atoms with Gasteiger partial charge >= 0.3 is 0 Å². The molecule has 0 bridgehead atoms. The van der Waals surface area contributed by atoms with Crippen LogP contribution < -0.4 is 0 Å². The Balaban J connectivity index is 1.69. The van der Waals surface area contributed by atoms with Crippen LogP contribution in [0.2, 0.25) is 0 Å². The summed E-state index contributed by atoms with van der Waals surface area (Å²) in [5.41, 5.74) is 15.4. The van der Waals surface area contributed by atoms with Gasteiger partial charge in [0.25, 0.3) is 0 Å². The van der Waals surface area contributed by atoms with Gasteiger partial charge < -0.3 is 0 Å². The van der Waals surface area contributed by atoms with E-state index in [2.05, 4.69) is 80.4 Å². The lowest BCUT2D eigenvalue weighted by molar-refractivity contribution is 0.688. The molecule has 2 heteroatoms. The van der Waals surface area contributed by atoms with E-state index in [0.29, 0.717) is 9.65 Å². The molecule has 2 atom stereocenters. The standard InChI is InChI=1S/C26H22Br2/c27-15-9-11-19-20-12-10-16(28)14-24(20)26(23(19)13-15)25-21-7-3-1-5-17(21)18-6-2-4-8-22(18)25/h1-8,15-16H,9-14H2. The van der Waals surface area contributed by atoms with Crippen molar-refractivity contribution in [3.63, 3.8) is 0 Å². The maximum atomic E-state index is 3.95. The maximum Gasteiger partial charge on any atom is 0.0189 e. The van der Waals surface area contributed by atoms with Gasteiger partial charge in [-0.1, -0.05) is 80.4 Å². The maximum absolute atomic E-state index is 3.95. The highest BCUT2D eigenvalue weighted by Crippen LogP contribution is 2.56. The SMILES string of the molecule is BrC1CCC2=C(C1)C(=C1c3ccccc3-c3ccccc31)C1=C2CCC(Br)C1. The van der Waals surface area contributed by atoms with E-state index in [1.807, 2.05) is 0 Å². The third kappa shape index (κ3) is 2.47. The second-order valence-corrected chi connectivity index (χ2v) is 11.0. The number of alkyl halides is 2. The van der Waals surface area contributed by atoms with Gasteiger partial charge in [0.2, 0.25) is 0 Å². The van der Waals surface area contributed by atoms with Crippen LogP contribution in [-0.4, -0.2) is 9.65 Å². The van der Waals surface area contributed by atoms with E-state index < -0.39 is 0 Å². The quantitative estimate of drug-likeness (QED) is 0.278. The van der Waals surface area contributed by atoms with Gasteiger partial charge in [-0.25, -0.2) is 0 Å². The number of allylic oxidation sites excluding steroid dienone is 5. The molecule has 6 rings (SSSR count). The van der Waals surface area contributed by atoms with Gasteiger partial charge in [-0.05, 0) is 94.2 Å². The van der Waals surface area contributed by atoms with Gasteiger partial charge in [0.1, 0.15) is 0 Å². The third-order valence-corrected chi connectivity index (χ3v) is 8.46. The fraction of sp³-hybridized carbons (Fsp3) is 0.308. The van der Waals surface area contributed by atoms with Gasteiger partial charge in [-0.15, -0.1) is 0 Å². The van der Waals surface area contributed by atoms with Crippen LogP contribution in [0.1, 0.15) is 49.7 Å². The molecule has 0 saturated carbocycles. The van der Waals surface area contributed by atoms with E-state index in [4.69, 9.17) is 0 Å². The van der Waals surface area contributed by atoms with E-state index in [1.54, 1.807) is 27.9 Å². The van der Waals surface area contributed by atoms with Crippen molar-refractivity contribution in [3.05, 3.63) is 87.5 Å². The second kappa shape index (κ2) is 6.57. The fourth-order valence-electron chi connectivity index (χ4n) is 5.74. The van der Waals surface area contributed by atoms with Gasteiger partial charge in [-0.2, -0.15) is 0 Å². The van der Waals surface area contributed by atoms with Crippen molar-refractivity contribution in [1.82, 2.24) is 0 Å². The van der Waals surface area contributed by atoms with Crippen LogP contribution in [-0.2, 0) is 0 Å². The fourth-order valence-corrected chi connectivity index (χ4v) is 6.84. The first-order chi connectivity index (χ1) is 13.7. The van der Waals surface area contributed by atoms with Crippen LogP contribution in [0.5, 0.6) is 0 Å². The predicted molar refractivity (Wildman–Crippen MR) is 125 cm³/mol. The van der Waals surface area contributed by atoms with Gasteiger partial charge in [0.05, 0.1) is 0 Å². The molecule has 0 amide bonds. The molecule has 140 valence electrons. The summed E-state index contributed by atoms with van der Waals surface area (Å²) >= 11 is 7.90. The minimum atomic E-state index is 0.606. The molecule has 0 aliphatic heterocycles. The Labute approximate surface area is 183 Å². The molecule has 2 unspecified atom stereocenters. The highest BCUT2D eigenvalue weighted by Gasteiger charge is 2.39. The summed E-state index contributed by atoms with van der Waals surface area (Å²) in [6, 6.07) is 18.0. The molecule has 0 N–H and O–H groups in total. The molecular weight excluding hydrogens is 472 g/mol. The lowest BCUT2D eigenvalue weighted by Gasteiger charge is -2.23. The average molecular weight is 494 g/mol. The van der Waals surface area contributed by atoms with E-state index in [-0.39, 0.29) is 0 Å². The number of benzene rings is 2. The van der Waals surface area contributed by atoms with Crippen LogP contribution in [0, 0.1) is 0 Å². The normalized spacial score (nSPS) is 25.6. The first kappa shape index (κ1) is 17.5. The lowest BCUT2D eigenvalue weighted by Crippen LogP contribution is -2.09. The summed E-state index contributed by atoms with van der Waals surface area (Å²) in [6.45, 7) is 0. The monoisotopic (exact) mass is 492 g/mol. The van der Waals surface area contributed by atoms with Crippen molar-refractivity contribution in [3.8, 4) is 11.1 Å². The summed E-state index contributed by atoms with van der Waals surface area (Å²) in [5, 5.41) is 0. The molecule has 2 aromatic carbocycles. The van der Waals surface area contributed by atoms with Gasteiger partial charge in [0.15, 0.2) is 0 Å². The Morgan fingerprint density at radius 1 is 0.536 bits per heavy atom. The summed E-state index contributed by atoms with van der Waals surface area (Å²) in [6.07, 6.45) is 7.33. The Bertz CT molecular complexity index is 1010. The van der Waals surface area contributed by atoms with Gasteiger partial charge in [0, 0.05) is 9.65 Å². The minimum Gasteiger partial charge on any atom is -0.0887 e. The number of rotatable bonds is 0. The van der Waals surface area contributed by atoms with Gasteiger partial charge in [-0.3, -0.25) is 0 Å². The van der Waals surface area contributed by atoms with Crippen molar-refractivity contribution in [2.75, 3.05) is 0 Å². The van der Waals surface area contributed by atoms with Crippen molar-refractivity contribution in [1.29, 1.82) is 0 Å². The molecule has 0 nitrogen and oxygen atoms in total. The summed E-state index contributed by atoms with van der Waals surface area (Å²) < 4.78 is 0.